The molecule has 2 aromatic rings. The molecule has 1 aliphatic rings. The first-order chi connectivity index (χ1) is 14.5. The van der Waals surface area contributed by atoms with Crippen LogP contribution in [0.2, 0.25) is 0 Å². The average molecular weight is 415 g/mol. The summed E-state index contributed by atoms with van der Waals surface area (Å²) >= 11 is 0. The molecule has 1 heterocycles. The molecule has 1 fully saturated rings. The third kappa shape index (κ3) is 6.54. The lowest BCUT2D eigenvalue weighted by atomic mass is 10.1. The maximum absolute atomic E-state index is 13.3. The SMILES string of the molecule is CN=C(NCCc1cc(F)cc(F)c1)NCC1CC(=O)N(CCc2ccccc2)C1. The van der Waals surface area contributed by atoms with Gasteiger partial charge in [-0.1, -0.05) is 30.3 Å². The number of aliphatic imine (C=N–C) groups is 1. The van der Waals surface area contributed by atoms with Crippen molar-refractivity contribution < 1.29 is 13.6 Å². The fraction of sp³-hybridized carbons (Fsp3) is 0.391. The van der Waals surface area contributed by atoms with E-state index in [1.807, 2.05) is 23.1 Å². The zero-order chi connectivity index (χ0) is 21.3. The van der Waals surface area contributed by atoms with E-state index in [1.54, 1.807) is 7.05 Å². The Kier molecular flexibility index (Phi) is 7.76. The summed E-state index contributed by atoms with van der Waals surface area (Å²) in [6.07, 6.45) is 1.86. The van der Waals surface area contributed by atoms with Gasteiger partial charge in [-0.15, -0.1) is 0 Å². The summed E-state index contributed by atoms with van der Waals surface area (Å²) in [5, 5.41) is 6.39. The third-order valence-electron chi connectivity index (χ3n) is 5.22. The summed E-state index contributed by atoms with van der Waals surface area (Å²) in [6, 6.07) is 13.7. The highest BCUT2D eigenvalue weighted by molar-refractivity contribution is 5.80. The lowest BCUT2D eigenvalue weighted by Gasteiger charge is -2.18. The van der Waals surface area contributed by atoms with Crippen LogP contribution in [0.4, 0.5) is 8.78 Å². The number of guanidine groups is 1. The molecule has 2 aromatic carbocycles. The minimum atomic E-state index is -0.574. The zero-order valence-electron chi connectivity index (χ0n) is 17.2. The van der Waals surface area contributed by atoms with Crippen LogP contribution < -0.4 is 10.6 Å². The van der Waals surface area contributed by atoms with E-state index in [2.05, 4.69) is 27.8 Å². The van der Waals surface area contributed by atoms with Crippen molar-refractivity contribution in [2.75, 3.05) is 33.2 Å². The summed E-state index contributed by atoms with van der Waals surface area (Å²) in [7, 11) is 1.67. The number of nitrogens with one attached hydrogen (secondary N) is 2. The van der Waals surface area contributed by atoms with E-state index >= 15 is 0 Å². The number of hydrogen-bond acceptors (Lipinski definition) is 2. The van der Waals surface area contributed by atoms with Crippen LogP contribution in [0.25, 0.3) is 0 Å². The Balaban J connectivity index is 1.38. The second kappa shape index (κ2) is 10.7. The second-order valence-corrected chi connectivity index (χ2v) is 7.55. The first-order valence-corrected chi connectivity index (χ1v) is 10.2. The Hall–Kier alpha value is -2.96. The number of benzene rings is 2. The second-order valence-electron chi connectivity index (χ2n) is 7.55. The molecule has 7 heteroatoms. The van der Waals surface area contributed by atoms with E-state index in [-0.39, 0.29) is 11.8 Å². The predicted molar refractivity (Wildman–Crippen MR) is 114 cm³/mol. The molecule has 0 saturated carbocycles. The van der Waals surface area contributed by atoms with E-state index in [9.17, 15) is 13.6 Å². The van der Waals surface area contributed by atoms with Crippen molar-refractivity contribution in [3.05, 3.63) is 71.3 Å². The van der Waals surface area contributed by atoms with Crippen LogP contribution in [0.3, 0.4) is 0 Å². The summed E-state index contributed by atoms with van der Waals surface area (Å²) in [5.41, 5.74) is 1.82. The summed E-state index contributed by atoms with van der Waals surface area (Å²) in [6.45, 7) is 2.60. The number of halogens is 2. The lowest BCUT2D eigenvalue weighted by Crippen LogP contribution is -2.41. The molecule has 30 heavy (non-hydrogen) atoms. The Bertz CT molecular complexity index is 853. The summed E-state index contributed by atoms with van der Waals surface area (Å²) < 4.78 is 26.5. The zero-order valence-corrected chi connectivity index (χ0v) is 17.2. The Morgan fingerprint density at radius 1 is 1.07 bits per heavy atom. The highest BCUT2D eigenvalue weighted by Crippen LogP contribution is 2.17. The minimum absolute atomic E-state index is 0.189. The topological polar surface area (TPSA) is 56.7 Å². The van der Waals surface area contributed by atoms with E-state index in [0.717, 1.165) is 25.6 Å². The fourth-order valence-electron chi connectivity index (χ4n) is 3.66. The van der Waals surface area contributed by atoms with E-state index in [1.165, 1.54) is 17.7 Å². The van der Waals surface area contributed by atoms with Crippen LogP contribution in [0, 0.1) is 17.6 Å². The van der Waals surface area contributed by atoms with E-state index in [0.29, 0.717) is 37.5 Å². The van der Waals surface area contributed by atoms with Gasteiger partial charge in [0.1, 0.15) is 11.6 Å². The molecule has 1 saturated heterocycles. The lowest BCUT2D eigenvalue weighted by molar-refractivity contribution is -0.127. The van der Waals surface area contributed by atoms with Gasteiger partial charge in [0.2, 0.25) is 5.91 Å². The molecule has 2 N–H and O–H groups in total. The van der Waals surface area contributed by atoms with Crippen LogP contribution in [0.1, 0.15) is 17.5 Å². The number of amides is 1. The fourth-order valence-corrected chi connectivity index (χ4v) is 3.66. The Labute approximate surface area is 176 Å². The standard InChI is InChI=1S/C23H28F2N4O/c1-26-23(27-9-7-18-11-20(24)14-21(25)12-18)28-15-19-13-22(30)29(16-19)10-8-17-5-3-2-4-6-17/h2-6,11-12,14,19H,7-10,13,15-16H2,1H3,(H2,26,27,28). The van der Waals surface area contributed by atoms with Gasteiger partial charge >= 0.3 is 0 Å². The number of carbonyl (C=O) groups excluding carboxylic acids is 1. The number of nitrogens with zero attached hydrogens (tertiary/aromatic N) is 2. The molecule has 1 atom stereocenters. The van der Waals surface area contributed by atoms with Crippen molar-refractivity contribution in [1.29, 1.82) is 0 Å². The van der Waals surface area contributed by atoms with Crippen molar-refractivity contribution in [3.8, 4) is 0 Å². The smallest absolute Gasteiger partial charge is 0.223 e. The molecule has 0 bridgehead atoms. The van der Waals surface area contributed by atoms with Gasteiger partial charge in [0.25, 0.3) is 0 Å². The maximum atomic E-state index is 13.3. The molecule has 1 aliphatic heterocycles. The quantitative estimate of drug-likeness (QED) is 0.516. The molecule has 3 rings (SSSR count). The Morgan fingerprint density at radius 3 is 2.50 bits per heavy atom. The van der Waals surface area contributed by atoms with Crippen LogP contribution in [0.15, 0.2) is 53.5 Å². The summed E-state index contributed by atoms with van der Waals surface area (Å²) in [5.74, 6) is -0.120. The highest BCUT2D eigenvalue weighted by Gasteiger charge is 2.29. The molecule has 0 aromatic heterocycles. The molecule has 0 spiro atoms. The molecule has 1 amide bonds. The third-order valence-corrected chi connectivity index (χ3v) is 5.22. The van der Waals surface area contributed by atoms with Gasteiger partial charge in [0, 0.05) is 51.6 Å². The first kappa shape index (κ1) is 21.7. The molecular formula is C23H28F2N4O. The van der Waals surface area contributed by atoms with E-state index < -0.39 is 11.6 Å². The highest BCUT2D eigenvalue weighted by atomic mass is 19.1. The van der Waals surface area contributed by atoms with Crippen molar-refractivity contribution in [2.45, 2.75) is 19.3 Å². The van der Waals surface area contributed by atoms with Crippen molar-refractivity contribution in [1.82, 2.24) is 15.5 Å². The molecule has 160 valence electrons. The molecule has 0 radical (unpaired) electrons. The number of carbonyl (C=O) groups is 1. The van der Waals surface area contributed by atoms with E-state index in [4.69, 9.17) is 0 Å². The van der Waals surface area contributed by atoms with Crippen molar-refractivity contribution in [2.24, 2.45) is 10.9 Å². The van der Waals surface area contributed by atoms with Gasteiger partial charge in [0.05, 0.1) is 0 Å². The normalized spacial score (nSPS) is 16.8. The Morgan fingerprint density at radius 2 is 1.80 bits per heavy atom. The molecular weight excluding hydrogens is 386 g/mol. The van der Waals surface area contributed by atoms with Crippen LogP contribution in [-0.2, 0) is 17.6 Å². The minimum Gasteiger partial charge on any atom is -0.356 e. The van der Waals surface area contributed by atoms with Gasteiger partial charge in [-0.2, -0.15) is 0 Å². The van der Waals surface area contributed by atoms with Gasteiger partial charge < -0.3 is 15.5 Å². The number of rotatable bonds is 8. The van der Waals surface area contributed by atoms with Gasteiger partial charge in [-0.3, -0.25) is 9.79 Å². The van der Waals surface area contributed by atoms with Crippen molar-refractivity contribution >= 4 is 11.9 Å². The van der Waals surface area contributed by atoms with Crippen LogP contribution in [0.5, 0.6) is 0 Å². The molecule has 5 nitrogen and oxygen atoms in total. The van der Waals surface area contributed by atoms with Crippen molar-refractivity contribution in [3.63, 3.8) is 0 Å². The number of likely N-dealkylation sites (tertiary alicyclic amines) is 1. The molecule has 1 unspecified atom stereocenters. The number of hydrogen-bond donors (Lipinski definition) is 2. The average Bonchev–Trinajstić information content (AvgIpc) is 3.08. The van der Waals surface area contributed by atoms with Gasteiger partial charge in [-0.25, -0.2) is 8.78 Å². The monoisotopic (exact) mass is 414 g/mol. The largest absolute Gasteiger partial charge is 0.356 e. The van der Waals surface area contributed by atoms with Crippen LogP contribution in [-0.4, -0.2) is 50.0 Å². The summed E-state index contributed by atoms with van der Waals surface area (Å²) in [4.78, 5) is 18.4. The molecule has 0 aliphatic carbocycles. The predicted octanol–water partition coefficient (Wildman–Crippen LogP) is 2.76. The maximum Gasteiger partial charge on any atom is 0.223 e. The van der Waals surface area contributed by atoms with Gasteiger partial charge in [0.15, 0.2) is 5.96 Å². The van der Waals surface area contributed by atoms with Crippen LogP contribution >= 0.6 is 0 Å². The van der Waals surface area contributed by atoms with Gasteiger partial charge in [-0.05, 0) is 36.1 Å². The first-order valence-electron chi connectivity index (χ1n) is 10.2.